The number of nitrogens with zero attached hydrogens (tertiary/aromatic N) is 2. The first-order chi connectivity index (χ1) is 4.77. The molecule has 54 valence electrons. The van der Waals surface area contributed by atoms with Gasteiger partial charge < -0.3 is 4.42 Å². The molecule has 0 aromatic carbocycles. The zero-order valence-corrected chi connectivity index (χ0v) is 6.16. The van der Waals surface area contributed by atoms with Crippen LogP contribution < -0.4 is 0 Å². The van der Waals surface area contributed by atoms with Gasteiger partial charge in [-0.3, -0.25) is 0 Å². The molecular weight excluding hydrogens is 128 g/mol. The van der Waals surface area contributed by atoms with E-state index in [1.807, 2.05) is 6.92 Å². The smallest absolute Gasteiger partial charge is 0.219 e. The van der Waals surface area contributed by atoms with Crippen molar-refractivity contribution in [3.8, 4) is 0 Å². The zero-order valence-electron chi connectivity index (χ0n) is 6.16. The second kappa shape index (κ2) is 1.81. The minimum atomic E-state index is 0.557. The molecule has 0 saturated heterocycles. The van der Waals surface area contributed by atoms with Crippen molar-refractivity contribution in [2.75, 3.05) is 0 Å². The Kier molecular flexibility index (Phi) is 1.07. The van der Waals surface area contributed by atoms with E-state index in [-0.39, 0.29) is 0 Å². The largest absolute Gasteiger partial charge is 0.425 e. The summed E-state index contributed by atoms with van der Waals surface area (Å²) in [6.07, 6.45) is 1.21. The van der Waals surface area contributed by atoms with Crippen LogP contribution in [0, 0.1) is 12.8 Å². The molecule has 0 aliphatic heterocycles. The Bertz CT molecular complexity index is 244. The molecule has 0 amide bonds. The molecule has 1 saturated carbocycles. The number of rotatable bonds is 1. The van der Waals surface area contributed by atoms with Gasteiger partial charge in [0, 0.05) is 12.8 Å². The van der Waals surface area contributed by atoms with Crippen molar-refractivity contribution in [1.82, 2.24) is 10.2 Å². The third kappa shape index (κ3) is 0.818. The lowest BCUT2D eigenvalue weighted by Gasteiger charge is -1.83. The van der Waals surface area contributed by atoms with Crippen LogP contribution in [0.2, 0.25) is 0 Å². The molecule has 1 aliphatic rings. The molecule has 0 N–H and O–H groups in total. The van der Waals surface area contributed by atoms with Crippen molar-refractivity contribution < 1.29 is 4.42 Å². The lowest BCUT2D eigenvalue weighted by Crippen LogP contribution is -1.79. The average Bonchev–Trinajstić information content (AvgIpc) is 2.42. The molecule has 1 fully saturated rings. The SMILES string of the molecule is Cc1nnc(C2CC2C)o1. The van der Waals surface area contributed by atoms with Gasteiger partial charge in [-0.2, -0.15) is 0 Å². The molecule has 1 aromatic heterocycles. The summed E-state index contributed by atoms with van der Waals surface area (Å²) in [6, 6.07) is 0. The average molecular weight is 138 g/mol. The number of aryl methyl sites for hydroxylation is 1. The second-order valence-electron chi connectivity index (χ2n) is 2.98. The molecule has 1 aliphatic carbocycles. The Labute approximate surface area is 59.5 Å². The molecule has 2 atom stereocenters. The van der Waals surface area contributed by atoms with E-state index >= 15 is 0 Å². The fourth-order valence-corrected chi connectivity index (χ4v) is 1.13. The quantitative estimate of drug-likeness (QED) is 0.590. The number of aromatic nitrogens is 2. The molecule has 0 bridgehead atoms. The van der Waals surface area contributed by atoms with E-state index in [0.717, 1.165) is 11.8 Å². The van der Waals surface area contributed by atoms with E-state index in [4.69, 9.17) is 4.42 Å². The van der Waals surface area contributed by atoms with Gasteiger partial charge in [-0.25, -0.2) is 0 Å². The molecule has 3 heteroatoms. The first-order valence-electron chi connectivity index (χ1n) is 3.57. The summed E-state index contributed by atoms with van der Waals surface area (Å²) in [4.78, 5) is 0. The fraction of sp³-hybridized carbons (Fsp3) is 0.714. The topological polar surface area (TPSA) is 38.9 Å². The molecule has 0 spiro atoms. The van der Waals surface area contributed by atoms with Gasteiger partial charge in [0.15, 0.2) is 0 Å². The molecule has 2 rings (SSSR count). The van der Waals surface area contributed by atoms with Crippen molar-refractivity contribution in [3.05, 3.63) is 11.8 Å². The van der Waals surface area contributed by atoms with E-state index in [9.17, 15) is 0 Å². The highest BCUT2D eigenvalue weighted by molar-refractivity contribution is 5.04. The minimum Gasteiger partial charge on any atom is -0.425 e. The first kappa shape index (κ1) is 5.89. The third-order valence-electron chi connectivity index (χ3n) is 1.97. The van der Waals surface area contributed by atoms with Crippen molar-refractivity contribution >= 4 is 0 Å². The van der Waals surface area contributed by atoms with E-state index in [1.165, 1.54) is 6.42 Å². The van der Waals surface area contributed by atoms with Crippen molar-refractivity contribution in [2.45, 2.75) is 26.2 Å². The summed E-state index contributed by atoms with van der Waals surface area (Å²) < 4.78 is 5.26. The van der Waals surface area contributed by atoms with Crippen LogP contribution in [0.3, 0.4) is 0 Å². The number of hydrogen-bond acceptors (Lipinski definition) is 3. The Morgan fingerprint density at radius 3 is 2.60 bits per heavy atom. The predicted octanol–water partition coefficient (Wildman–Crippen LogP) is 1.50. The lowest BCUT2D eigenvalue weighted by molar-refractivity contribution is 0.464. The summed E-state index contributed by atoms with van der Waals surface area (Å²) >= 11 is 0. The van der Waals surface area contributed by atoms with Gasteiger partial charge in [0.05, 0.1) is 0 Å². The highest BCUT2D eigenvalue weighted by atomic mass is 16.4. The monoisotopic (exact) mass is 138 g/mol. The van der Waals surface area contributed by atoms with Crippen molar-refractivity contribution in [1.29, 1.82) is 0 Å². The Morgan fingerprint density at radius 2 is 2.20 bits per heavy atom. The maximum absolute atomic E-state index is 5.26. The van der Waals surface area contributed by atoms with E-state index in [1.54, 1.807) is 0 Å². The first-order valence-corrected chi connectivity index (χ1v) is 3.57. The van der Waals surface area contributed by atoms with Gasteiger partial charge in [0.25, 0.3) is 0 Å². The summed E-state index contributed by atoms with van der Waals surface area (Å²) in [5, 5.41) is 7.71. The van der Waals surface area contributed by atoms with Crippen LogP contribution in [0.4, 0.5) is 0 Å². The van der Waals surface area contributed by atoms with Crippen LogP contribution in [0.1, 0.15) is 31.0 Å². The van der Waals surface area contributed by atoms with Crippen LogP contribution in [-0.4, -0.2) is 10.2 Å². The zero-order chi connectivity index (χ0) is 7.14. The molecule has 0 radical (unpaired) electrons. The molecule has 1 heterocycles. The molecule has 10 heavy (non-hydrogen) atoms. The van der Waals surface area contributed by atoms with Gasteiger partial charge in [0.1, 0.15) is 0 Å². The lowest BCUT2D eigenvalue weighted by atomic mass is 10.3. The highest BCUT2D eigenvalue weighted by Crippen LogP contribution is 2.45. The maximum Gasteiger partial charge on any atom is 0.219 e. The van der Waals surface area contributed by atoms with E-state index < -0.39 is 0 Å². The van der Waals surface area contributed by atoms with E-state index in [2.05, 4.69) is 17.1 Å². The third-order valence-corrected chi connectivity index (χ3v) is 1.97. The molecular formula is C7H10N2O. The number of hydrogen-bond donors (Lipinski definition) is 0. The predicted molar refractivity (Wildman–Crippen MR) is 35.6 cm³/mol. The molecule has 1 aromatic rings. The van der Waals surface area contributed by atoms with Crippen LogP contribution in [0.15, 0.2) is 4.42 Å². The van der Waals surface area contributed by atoms with Gasteiger partial charge in [-0.1, -0.05) is 6.92 Å². The Morgan fingerprint density at radius 1 is 1.50 bits per heavy atom. The van der Waals surface area contributed by atoms with Crippen LogP contribution in [0.25, 0.3) is 0 Å². The van der Waals surface area contributed by atoms with Crippen LogP contribution in [0.5, 0.6) is 0 Å². The normalized spacial score (nSPS) is 30.6. The summed E-state index contributed by atoms with van der Waals surface area (Å²) in [6.45, 7) is 4.02. The summed E-state index contributed by atoms with van der Waals surface area (Å²) in [7, 11) is 0. The molecule has 2 unspecified atom stereocenters. The van der Waals surface area contributed by atoms with Gasteiger partial charge in [-0.15, -0.1) is 10.2 Å². The van der Waals surface area contributed by atoms with Crippen molar-refractivity contribution in [2.24, 2.45) is 5.92 Å². The summed E-state index contributed by atoms with van der Waals surface area (Å²) in [5.41, 5.74) is 0. The van der Waals surface area contributed by atoms with Crippen molar-refractivity contribution in [3.63, 3.8) is 0 Å². The van der Waals surface area contributed by atoms with Crippen LogP contribution >= 0.6 is 0 Å². The standard InChI is InChI=1S/C7H10N2O/c1-4-3-6(4)7-9-8-5(2)10-7/h4,6H,3H2,1-2H3. The van der Waals surface area contributed by atoms with Crippen LogP contribution in [-0.2, 0) is 0 Å². The molecule has 3 nitrogen and oxygen atoms in total. The van der Waals surface area contributed by atoms with Gasteiger partial charge in [-0.05, 0) is 12.3 Å². The van der Waals surface area contributed by atoms with E-state index in [0.29, 0.717) is 11.8 Å². The summed E-state index contributed by atoms with van der Waals surface area (Å²) in [5.74, 6) is 2.81. The van der Waals surface area contributed by atoms with Gasteiger partial charge in [0.2, 0.25) is 11.8 Å². The minimum absolute atomic E-state index is 0.557. The fourth-order valence-electron chi connectivity index (χ4n) is 1.13. The Balaban J connectivity index is 2.20. The highest BCUT2D eigenvalue weighted by Gasteiger charge is 2.38. The second-order valence-corrected chi connectivity index (χ2v) is 2.98. The maximum atomic E-state index is 5.26. The Hall–Kier alpha value is -0.860. The van der Waals surface area contributed by atoms with Gasteiger partial charge >= 0.3 is 0 Å².